The van der Waals surface area contributed by atoms with Gasteiger partial charge in [-0.2, -0.15) is 0 Å². The van der Waals surface area contributed by atoms with Crippen LogP contribution in [-0.2, 0) is 14.8 Å². The molecule has 0 spiro atoms. The van der Waals surface area contributed by atoms with Crippen LogP contribution in [0.2, 0.25) is 0 Å². The highest BCUT2D eigenvalue weighted by Gasteiger charge is 2.25. The number of sulfonamides is 1. The molecule has 1 saturated heterocycles. The lowest BCUT2D eigenvalue weighted by molar-refractivity contribution is 0.161. The van der Waals surface area contributed by atoms with Gasteiger partial charge in [0.1, 0.15) is 0 Å². The number of carbonyl (C=O) groups is 1. The van der Waals surface area contributed by atoms with E-state index in [1.165, 1.54) is 17.7 Å². The Balaban J connectivity index is 2.40. The summed E-state index contributed by atoms with van der Waals surface area (Å²) < 4.78 is 28.3. The lowest BCUT2D eigenvalue weighted by Gasteiger charge is -2.30. The summed E-state index contributed by atoms with van der Waals surface area (Å²) >= 11 is 0. The smallest absolute Gasteiger partial charge is 0.407 e. The van der Waals surface area contributed by atoms with Gasteiger partial charge in [0, 0.05) is 19.1 Å². The number of piperidine rings is 1. The largest absolute Gasteiger partial charge is 0.453 e. The molecule has 0 unspecified atom stereocenters. The lowest BCUT2D eigenvalue weighted by Crippen LogP contribution is -2.46. The third-order valence-corrected chi connectivity index (χ3v) is 3.73. The van der Waals surface area contributed by atoms with E-state index in [0.717, 1.165) is 0 Å². The summed E-state index contributed by atoms with van der Waals surface area (Å²) in [6, 6.07) is 0.00968. The minimum Gasteiger partial charge on any atom is -0.453 e. The minimum absolute atomic E-state index is 0.00968. The Morgan fingerprint density at radius 2 is 1.93 bits per heavy atom. The zero-order valence-electron chi connectivity index (χ0n) is 8.89. The van der Waals surface area contributed by atoms with Gasteiger partial charge in [0.05, 0.1) is 13.4 Å². The maximum atomic E-state index is 11.2. The Morgan fingerprint density at radius 1 is 1.40 bits per heavy atom. The van der Waals surface area contributed by atoms with Crippen LogP contribution in [0.15, 0.2) is 0 Å². The molecule has 1 N–H and O–H groups in total. The van der Waals surface area contributed by atoms with Crippen molar-refractivity contribution in [2.75, 3.05) is 26.5 Å². The zero-order valence-corrected chi connectivity index (χ0v) is 9.71. The number of rotatable bonds is 2. The van der Waals surface area contributed by atoms with Crippen LogP contribution in [0.5, 0.6) is 0 Å². The number of amides is 1. The van der Waals surface area contributed by atoms with Crippen LogP contribution in [0.1, 0.15) is 12.8 Å². The molecule has 1 heterocycles. The van der Waals surface area contributed by atoms with Crippen LogP contribution >= 0.6 is 0 Å². The monoisotopic (exact) mass is 236 g/mol. The Bertz CT molecular complexity index is 320. The quantitative estimate of drug-likeness (QED) is 0.718. The van der Waals surface area contributed by atoms with E-state index in [9.17, 15) is 13.2 Å². The first-order chi connectivity index (χ1) is 6.93. The normalized spacial score (nSPS) is 19.9. The van der Waals surface area contributed by atoms with Gasteiger partial charge in [-0.3, -0.25) is 0 Å². The van der Waals surface area contributed by atoms with Gasteiger partial charge in [0.2, 0.25) is 10.0 Å². The van der Waals surface area contributed by atoms with Crippen LogP contribution < -0.4 is 5.32 Å². The second kappa shape index (κ2) is 4.80. The molecule has 1 aliphatic rings. The fraction of sp³-hybridized carbons (Fsp3) is 0.875. The number of nitrogens with zero attached hydrogens (tertiary/aromatic N) is 1. The molecule has 1 aliphatic heterocycles. The topological polar surface area (TPSA) is 75.7 Å². The standard InChI is InChI=1S/C8H16N2O4S/c1-14-8(11)9-7-3-5-10(6-4-7)15(2,12)13/h7H,3-6H2,1-2H3,(H,9,11). The number of methoxy groups -OCH3 is 1. The second-order valence-corrected chi connectivity index (χ2v) is 5.55. The summed E-state index contributed by atoms with van der Waals surface area (Å²) in [5, 5.41) is 2.66. The van der Waals surface area contributed by atoms with Crippen LogP contribution in [0, 0.1) is 0 Å². The SMILES string of the molecule is COC(=O)NC1CCN(S(C)(=O)=O)CC1. The fourth-order valence-corrected chi connectivity index (χ4v) is 2.43. The number of alkyl carbamates (subject to hydrolysis) is 1. The molecule has 0 bridgehead atoms. The van der Waals surface area contributed by atoms with Gasteiger partial charge in [0.15, 0.2) is 0 Å². The van der Waals surface area contributed by atoms with Crippen molar-refractivity contribution >= 4 is 16.1 Å². The zero-order chi connectivity index (χ0) is 11.5. The maximum absolute atomic E-state index is 11.2. The lowest BCUT2D eigenvalue weighted by atomic mass is 10.1. The summed E-state index contributed by atoms with van der Waals surface area (Å²) in [5.74, 6) is 0. The van der Waals surface area contributed by atoms with Crippen LogP contribution in [0.4, 0.5) is 4.79 Å². The molecule has 0 radical (unpaired) electrons. The summed E-state index contributed by atoms with van der Waals surface area (Å²) in [5.41, 5.74) is 0. The highest BCUT2D eigenvalue weighted by atomic mass is 32.2. The molecule has 88 valence electrons. The molecule has 1 rings (SSSR count). The Labute approximate surface area is 89.6 Å². The van der Waals surface area contributed by atoms with E-state index < -0.39 is 16.1 Å². The molecule has 7 heteroatoms. The van der Waals surface area contributed by atoms with Gasteiger partial charge in [-0.05, 0) is 12.8 Å². The highest BCUT2D eigenvalue weighted by molar-refractivity contribution is 7.88. The van der Waals surface area contributed by atoms with Crippen LogP contribution in [0.3, 0.4) is 0 Å². The molecule has 0 atom stereocenters. The molecule has 0 aromatic carbocycles. The molecule has 0 saturated carbocycles. The Hall–Kier alpha value is -0.820. The first-order valence-corrected chi connectivity index (χ1v) is 6.58. The predicted octanol–water partition coefficient (Wildman–Crippen LogP) is -0.234. The Morgan fingerprint density at radius 3 is 2.33 bits per heavy atom. The average molecular weight is 236 g/mol. The van der Waals surface area contributed by atoms with Gasteiger partial charge >= 0.3 is 6.09 Å². The number of hydrogen-bond donors (Lipinski definition) is 1. The molecule has 6 nitrogen and oxygen atoms in total. The number of ether oxygens (including phenoxy) is 1. The van der Waals surface area contributed by atoms with E-state index in [4.69, 9.17) is 0 Å². The molecule has 0 aliphatic carbocycles. The number of carbonyl (C=O) groups excluding carboxylic acids is 1. The predicted molar refractivity (Wildman–Crippen MR) is 55.0 cm³/mol. The number of nitrogens with one attached hydrogen (secondary N) is 1. The minimum atomic E-state index is -3.09. The van der Waals surface area contributed by atoms with Gasteiger partial charge in [0.25, 0.3) is 0 Å². The van der Waals surface area contributed by atoms with Crippen LogP contribution in [-0.4, -0.2) is 51.3 Å². The molecule has 1 amide bonds. The first kappa shape index (κ1) is 12.3. The van der Waals surface area contributed by atoms with E-state index in [1.54, 1.807) is 0 Å². The van der Waals surface area contributed by atoms with Crippen molar-refractivity contribution in [2.24, 2.45) is 0 Å². The van der Waals surface area contributed by atoms with E-state index in [2.05, 4.69) is 10.1 Å². The van der Waals surface area contributed by atoms with E-state index in [1.807, 2.05) is 0 Å². The van der Waals surface area contributed by atoms with Crippen molar-refractivity contribution in [3.8, 4) is 0 Å². The van der Waals surface area contributed by atoms with Gasteiger partial charge in [-0.25, -0.2) is 17.5 Å². The Kier molecular flexibility index (Phi) is 3.92. The summed E-state index contributed by atoms with van der Waals surface area (Å²) in [7, 11) is -1.79. The van der Waals surface area contributed by atoms with E-state index >= 15 is 0 Å². The third-order valence-electron chi connectivity index (χ3n) is 2.43. The summed E-state index contributed by atoms with van der Waals surface area (Å²) in [6.07, 6.45) is 1.98. The van der Waals surface area contributed by atoms with Crippen molar-refractivity contribution in [3.05, 3.63) is 0 Å². The van der Waals surface area contributed by atoms with Gasteiger partial charge in [-0.1, -0.05) is 0 Å². The third kappa shape index (κ3) is 3.67. The first-order valence-electron chi connectivity index (χ1n) is 4.73. The van der Waals surface area contributed by atoms with Crippen molar-refractivity contribution in [1.29, 1.82) is 0 Å². The van der Waals surface area contributed by atoms with Crippen molar-refractivity contribution in [3.63, 3.8) is 0 Å². The van der Waals surface area contributed by atoms with E-state index in [0.29, 0.717) is 25.9 Å². The van der Waals surface area contributed by atoms with Gasteiger partial charge in [-0.15, -0.1) is 0 Å². The van der Waals surface area contributed by atoms with Crippen molar-refractivity contribution < 1.29 is 17.9 Å². The summed E-state index contributed by atoms with van der Waals surface area (Å²) in [4.78, 5) is 10.9. The molecule has 0 aromatic heterocycles. The van der Waals surface area contributed by atoms with Crippen molar-refractivity contribution in [2.45, 2.75) is 18.9 Å². The molecule has 0 aromatic rings. The van der Waals surface area contributed by atoms with E-state index in [-0.39, 0.29) is 6.04 Å². The fourth-order valence-electron chi connectivity index (χ4n) is 1.56. The summed E-state index contributed by atoms with van der Waals surface area (Å²) in [6.45, 7) is 0.904. The van der Waals surface area contributed by atoms with Crippen LogP contribution in [0.25, 0.3) is 0 Å². The molecule has 1 fully saturated rings. The number of hydrogen-bond acceptors (Lipinski definition) is 4. The van der Waals surface area contributed by atoms with Gasteiger partial charge < -0.3 is 10.1 Å². The maximum Gasteiger partial charge on any atom is 0.407 e. The van der Waals surface area contributed by atoms with Crippen molar-refractivity contribution in [1.82, 2.24) is 9.62 Å². The molecular formula is C8H16N2O4S. The second-order valence-electron chi connectivity index (χ2n) is 3.57. The molecule has 15 heavy (non-hydrogen) atoms. The average Bonchev–Trinajstić information content (AvgIpc) is 2.17. The molecular weight excluding hydrogens is 220 g/mol. The highest BCUT2D eigenvalue weighted by Crippen LogP contribution is 2.12.